The zero-order valence-electron chi connectivity index (χ0n) is 10.5. The molecule has 0 heterocycles. The van der Waals surface area contributed by atoms with Crippen molar-refractivity contribution in [2.24, 2.45) is 0 Å². The standard InChI is InChI=1S/C16H17NS/c1-13(15-10-6-3-7-11-15)17-16(18)12-14-8-4-2-5-9-14/h2-11,13H,12H2,1H3,(H,17,18). The Hall–Kier alpha value is -1.67. The highest BCUT2D eigenvalue weighted by Gasteiger charge is 2.06. The molecule has 0 saturated carbocycles. The van der Waals surface area contributed by atoms with Crippen LogP contribution in [0.1, 0.15) is 24.1 Å². The summed E-state index contributed by atoms with van der Waals surface area (Å²) in [5.41, 5.74) is 2.50. The minimum atomic E-state index is 0.252. The van der Waals surface area contributed by atoms with Crippen molar-refractivity contribution < 1.29 is 0 Å². The van der Waals surface area contributed by atoms with Gasteiger partial charge >= 0.3 is 0 Å². The molecular formula is C16H17NS. The van der Waals surface area contributed by atoms with Crippen molar-refractivity contribution >= 4 is 17.2 Å². The first-order chi connectivity index (χ1) is 8.75. The Morgan fingerprint density at radius 3 is 2.17 bits per heavy atom. The van der Waals surface area contributed by atoms with E-state index in [1.807, 2.05) is 36.4 Å². The van der Waals surface area contributed by atoms with E-state index >= 15 is 0 Å². The van der Waals surface area contributed by atoms with Crippen LogP contribution in [0.5, 0.6) is 0 Å². The second kappa shape index (κ2) is 6.31. The molecule has 0 saturated heterocycles. The lowest BCUT2D eigenvalue weighted by molar-refractivity contribution is 0.717. The highest BCUT2D eigenvalue weighted by molar-refractivity contribution is 7.80. The van der Waals surface area contributed by atoms with Gasteiger partial charge in [0.15, 0.2) is 0 Å². The Kier molecular flexibility index (Phi) is 4.48. The molecule has 1 N–H and O–H groups in total. The molecule has 0 radical (unpaired) electrons. The number of benzene rings is 2. The molecule has 18 heavy (non-hydrogen) atoms. The van der Waals surface area contributed by atoms with E-state index in [0.29, 0.717) is 0 Å². The van der Waals surface area contributed by atoms with Crippen molar-refractivity contribution in [1.29, 1.82) is 0 Å². The van der Waals surface area contributed by atoms with Gasteiger partial charge in [0.05, 0.1) is 4.99 Å². The largest absolute Gasteiger partial charge is 0.373 e. The van der Waals surface area contributed by atoms with Crippen LogP contribution in [0.4, 0.5) is 0 Å². The summed E-state index contributed by atoms with van der Waals surface area (Å²) < 4.78 is 0. The molecule has 1 unspecified atom stereocenters. The van der Waals surface area contributed by atoms with Gasteiger partial charge in [-0.1, -0.05) is 72.9 Å². The lowest BCUT2D eigenvalue weighted by Gasteiger charge is -2.16. The quantitative estimate of drug-likeness (QED) is 0.831. The Balaban J connectivity index is 1.92. The van der Waals surface area contributed by atoms with E-state index in [2.05, 4.69) is 36.5 Å². The van der Waals surface area contributed by atoms with Crippen LogP contribution in [0, 0.1) is 0 Å². The van der Waals surface area contributed by atoms with E-state index in [-0.39, 0.29) is 6.04 Å². The molecule has 0 aromatic heterocycles. The molecule has 1 atom stereocenters. The third kappa shape index (κ3) is 3.67. The molecule has 0 fully saturated rings. The van der Waals surface area contributed by atoms with Crippen molar-refractivity contribution in [1.82, 2.24) is 5.32 Å². The van der Waals surface area contributed by atoms with Crippen LogP contribution in [0.25, 0.3) is 0 Å². The summed E-state index contributed by atoms with van der Waals surface area (Å²) in [6, 6.07) is 20.9. The lowest BCUT2D eigenvalue weighted by Crippen LogP contribution is -2.26. The average Bonchev–Trinajstić information content (AvgIpc) is 2.40. The number of rotatable bonds is 4. The SMILES string of the molecule is CC(NC(=S)Cc1ccccc1)c1ccccc1. The van der Waals surface area contributed by atoms with Crippen molar-refractivity contribution in [3.05, 3.63) is 71.8 Å². The molecule has 2 rings (SSSR count). The Morgan fingerprint density at radius 2 is 1.56 bits per heavy atom. The minimum Gasteiger partial charge on any atom is -0.373 e. The monoisotopic (exact) mass is 255 g/mol. The maximum atomic E-state index is 5.40. The summed E-state index contributed by atoms with van der Waals surface area (Å²) >= 11 is 5.40. The van der Waals surface area contributed by atoms with Gasteiger partial charge < -0.3 is 5.32 Å². The molecule has 0 amide bonds. The van der Waals surface area contributed by atoms with Gasteiger partial charge in [-0.2, -0.15) is 0 Å². The van der Waals surface area contributed by atoms with Crippen LogP contribution < -0.4 is 5.32 Å². The third-order valence-corrected chi connectivity index (χ3v) is 3.15. The number of thiocarbonyl (C=S) groups is 1. The summed E-state index contributed by atoms with van der Waals surface area (Å²) in [7, 11) is 0. The van der Waals surface area contributed by atoms with Crippen LogP contribution in [-0.2, 0) is 6.42 Å². The van der Waals surface area contributed by atoms with Crippen LogP contribution in [0.2, 0.25) is 0 Å². The first-order valence-corrected chi connectivity index (χ1v) is 6.55. The molecule has 2 aromatic carbocycles. The van der Waals surface area contributed by atoms with E-state index in [1.54, 1.807) is 0 Å². The normalized spacial score (nSPS) is 11.8. The van der Waals surface area contributed by atoms with Crippen molar-refractivity contribution in [3.8, 4) is 0 Å². The van der Waals surface area contributed by atoms with Gasteiger partial charge in [0.25, 0.3) is 0 Å². The molecule has 1 nitrogen and oxygen atoms in total. The van der Waals surface area contributed by atoms with Crippen LogP contribution in [0.15, 0.2) is 60.7 Å². The molecule has 0 spiro atoms. The van der Waals surface area contributed by atoms with Gasteiger partial charge in [-0.25, -0.2) is 0 Å². The minimum absolute atomic E-state index is 0.252. The van der Waals surface area contributed by atoms with Crippen LogP contribution >= 0.6 is 12.2 Å². The van der Waals surface area contributed by atoms with Crippen LogP contribution in [-0.4, -0.2) is 4.99 Å². The maximum Gasteiger partial charge on any atom is 0.0802 e. The highest BCUT2D eigenvalue weighted by Crippen LogP contribution is 2.12. The highest BCUT2D eigenvalue weighted by atomic mass is 32.1. The molecule has 0 aliphatic carbocycles. The van der Waals surface area contributed by atoms with E-state index < -0.39 is 0 Å². The van der Waals surface area contributed by atoms with Gasteiger partial charge in [0, 0.05) is 12.5 Å². The fourth-order valence-electron chi connectivity index (χ4n) is 1.90. The van der Waals surface area contributed by atoms with Gasteiger partial charge in [-0.3, -0.25) is 0 Å². The van der Waals surface area contributed by atoms with Gasteiger partial charge in [0.2, 0.25) is 0 Å². The summed E-state index contributed by atoms with van der Waals surface area (Å²) in [4.78, 5) is 0.887. The summed E-state index contributed by atoms with van der Waals surface area (Å²) in [5.74, 6) is 0. The number of hydrogen-bond donors (Lipinski definition) is 1. The van der Waals surface area contributed by atoms with Gasteiger partial charge in [-0.05, 0) is 18.1 Å². The Bertz CT molecular complexity index is 493. The number of hydrogen-bond acceptors (Lipinski definition) is 1. The molecule has 92 valence electrons. The van der Waals surface area contributed by atoms with Crippen molar-refractivity contribution in [2.75, 3.05) is 0 Å². The number of nitrogens with one attached hydrogen (secondary N) is 1. The second-order valence-corrected chi connectivity index (χ2v) is 4.86. The van der Waals surface area contributed by atoms with E-state index in [0.717, 1.165) is 11.4 Å². The van der Waals surface area contributed by atoms with Gasteiger partial charge in [-0.15, -0.1) is 0 Å². The molecule has 2 heteroatoms. The molecule has 0 aliphatic rings. The third-order valence-electron chi connectivity index (χ3n) is 2.88. The van der Waals surface area contributed by atoms with Crippen molar-refractivity contribution in [3.63, 3.8) is 0 Å². The zero-order valence-corrected chi connectivity index (χ0v) is 11.3. The zero-order chi connectivity index (χ0) is 12.8. The van der Waals surface area contributed by atoms with Gasteiger partial charge in [0.1, 0.15) is 0 Å². The average molecular weight is 255 g/mol. The molecule has 0 aliphatic heterocycles. The smallest absolute Gasteiger partial charge is 0.0802 e. The second-order valence-electron chi connectivity index (χ2n) is 4.36. The predicted molar refractivity (Wildman–Crippen MR) is 80.7 cm³/mol. The Morgan fingerprint density at radius 1 is 1.00 bits per heavy atom. The van der Waals surface area contributed by atoms with Crippen LogP contribution in [0.3, 0.4) is 0 Å². The fraction of sp³-hybridized carbons (Fsp3) is 0.188. The summed E-state index contributed by atoms with van der Waals surface area (Å²) in [6.45, 7) is 2.13. The van der Waals surface area contributed by atoms with Crippen molar-refractivity contribution in [2.45, 2.75) is 19.4 Å². The predicted octanol–water partition coefficient (Wildman–Crippen LogP) is 3.91. The fourth-order valence-corrected chi connectivity index (χ4v) is 2.24. The van der Waals surface area contributed by atoms with E-state index in [1.165, 1.54) is 11.1 Å². The Labute approximate surface area is 114 Å². The topological polar surface area (TPSA) is 12.0 Å². The molecule has 0 bridgehead atoms. The first kappa shape index (κ1) is 12.8. The summed E-state index contributed by atoms with van der Waals surface area (Å²) in [5, 5.41) is 3.38. The lowest BCUT2D eigenvalue weighted by atomic mass is 10.1. The van der Waals surface area contributed by atoms with E-state index in [9.17, 15) is 0 Å². The first-order valence-electron chi connectivity index (χ1n) is 6.14. The summed E-state index contributed by atoms with van der Waals surface area (Å²) in [6.07, 6.45) is 0.799. The maximum absolute atomic E-state index is 5.40. The molecular weight excluding hydrogens is 238 g/mol. The van der Waals surface area contributed by atoms with E-state index in [4.69, 9.17) is 12.2 Å². The molecule has 2 aromatic rings.